The third-order valence-corrected chi connectivity index (χ3v) is 3.60. The fourth-order valence-corrected chi connectivity index (χ4v) is 2.40. The van der Waals surface area contributed by atoms with E-state index in [-0.39, 0.29) is 5.56 Å². The second-order valence-electron chi connectivity index (χ2n) is 4.93. The second-order valence-corrected chi connectivity index (χ2v) is 4.93. The van der Waals surface area contributed by atoms with Crippen LogP contribution in [-0.4, -0.2) is 49.6 Å². The van der Waals surface area contributed by atoms with Gasteiger partial charge in [0.1, 0.15) is 5.39 Å². The van der Waals surface area contributed by atoms with E-state index in [4.69, 9.17) is 9.47 Å². The van der Waals surface area contributed by atoms with Gasteiger partial charge in [-0.1, -0.05) is 4.98 Å². The van der Waals surface area contributed by atoms with Crippen molar-refractivity contribution in [1.82, 2.24) is 9.55 Å². The SMILES string of the molecule is COCCn1ccc2nc(N3CCOCC3)[nH+]cc2c1=O. The summed E-state index contributed by atoms with van der Waals surface area (Å²) < 4.78 is 12.0. The van der Waals surface area contributed by atoms with Gasteiger partial charge in [0.15, 0.2) is 5.52 Å². The van der Waals surface area contributed by atoms with Crippen LogP contribution in [0.3, 0.4) is 0 Å². The minimum atomic E-state index is -0.0539. The number of anilines is 1. The van der Waals surface area contributed by atoms with Crippen LogP contribution in [0, 0.1) is 0 Å². The molecule has 1 N–H and O–H groups in total. The van der Waals surface area contributed by atoms with Crippen molar-refractivity contribution in [2.45, 2.75) is 6.54 Å². The summed E-state index contributed by atoms with van der Waals surface area (Å²) in [6, 6.07) is 1.87. The Labute approximate surface area is 122 Å². The summed E-state index contributed by atoms with van der Waals surface area (Å²) in [6.45, 7) is 4.06. The lowest BCUT2D eigenvalue weighted by Crippen LogP contribution is -2.40. The van der Waals surface area contributed by atoms with Crippen LogP contribution >= 0.6 is 0 Å². The first-order valence-electron chi connectivity index (χ1n) is 7.03. The van der Waals surface area contributed by atoms with E-state index in [1.54, 1.807) is 24.1 Å². The maximum absolute atomic E-state index is 12.3. The van der Waals surface area contributed by atoms with Gasteiger partial charge >= 0.3 is 5.95 Å². The Kier molecular flexibility index (Phi) is 4.12. The first-order chi connectivity index (χ1) is 10.3. The molecule has 0 aliphatic carbocycles. The van der Waals surface area contributed by atoms with Gasteiger partial charge in [-0.05, 0) is 6.07 Å². The lowest BCUT2D eigenvalue weighted by atomic mass is 10.3. The van der Waals surface area contributed by atoms with Crippen LogP contribution in [0.2, 0.25) is 0 Å². The van der Waals surface area contributed by atoms with Crippen molar-refractivity contribution in [1.29, 1.82) is 0 Å². The van der Waals surface area contributed by atoms with Crippen molar-refractivity contribution in [2.24, 2.45) is 0 Å². The van der Waals surface area contributed by atoms with Gasteiger partial charge in [0.05, 0.1) is 39.1 Å². The van der Waals surface area contributed by atoms with Gasteiger partial charge in [-0.3, -0.25) is 9.69 Å². The Bertz CT molecular complexity index is 679. The maximum Gasteiger partial charge on any atom is 0.392 e. The molecule has 0 amide bonds. The summed E-state index contributed by atoms with van der Waals surface area (Å²) in [6.07, 6.45) is 3.50. The highest BCUT2D eigenvalue weighted by atomic mass is 16.5. The average Bonchev–Trinajstić information content (AvgIpc) is 2.55. The smallest absolute Gasteiger partial charge is 0.383 e. The molecular weight excluding hydrogens is 272 g/mol. The average molecular weight is 291 g/mol. The predicted octanol–water partition coefficient (Wildman–Crippen LogP) is -0.306. The number of nitrogens with zero attached hydrogens (tertiary/aromatic N) is 3. The largest absolute Gasteiger partial charge is 0.392 e. The van der Waals surface area contributed by atoms with Crippen LogP contribution in [0.15, 0.2) is 23.3 Å². The standard InChI is InChI=1S/C14H18N4O3/c1-20-7-4-17-3-2-12-11(13(17)19)10-15-14(16-12)18-5-8-21-9-6-18/h2-3,10H,4-9H2,1H3/p+1. The van der Waals surface area contributed by atoms with Gasteiger partial charge in [0, 0.05) is 19.9 Å². The van der Waals surface area contributed by atoms with Crippen molar-refractivity contribution in [3.8, 4) is 0 Å². The van der Waals surface area contributed by atoms with Crippen molar-refractivity contribution in [3.05, 3.63) is 28.8 Å². The van der Waals surface area contributed by atoms with Gasteiger partial charge in [0.25, 0.3) is 5.56 Å². The second kappa shape index (κ2) is 6.19. The van der Waals surface area contributed by atoms with E-state index in [2.05, 4.69) is 14.9 Å². The van der Waals surface area contributed by atoms with Gasteiger partial charge in [-0.2, -0.15) is 0 Å². The molecule has 112 valence electrons. The van der Waals surface area contributed by atoms with Crippen LogP contribution in [0.5, 0.6) is 0 Å². The summed E-state index contributed by atoms with van der Waals surface area (Å²) in [5, 5.41) is 0.589. The number of nitrogens with one attached hydrogen (secondary N) is 1. The van der Waals surface area contributed by atoms with E-state index in [0.717, 1.165) is 19.0 Å². The number of methoxy groups -OCH3 is 1. The van der Waals surface area contributed by atoms with Crippen molar-refractivity contribution in [2.75, 3.05) is 44.9 Å². The lowest BCUT2D eigenvalue weighted by molar-refractivity contribution is -0.366. The molecule has 0 saturated carbocycles. The molecule has 7 nitrogen and oxygen atoms in total. The number of pyridine rings is 1. The van der Waals surface area contributed by atoms with Crippen molar-refractivity contribution in [3.63, 3.8) is 0 Å². The Morgan fingerprint density at radius 3 is 3.00 bits per heavy atom. The number of aromatic amines is 1. The zero-order valence-electron chi connectivity index (χ0n) is 12.0. The van der Waals surface area contributed by atoms with E-state index >= 15 is 0 Å². The third kappa shape index (κ3) is 2.88. The summed E-state index contributed by atoms with van der Waals surface area (Å²) in [5.74, 6) is 0.778. The van der Waals surface area contributed by atoms with E-state index in [0.29, 0.717) is 37.3 Å². The number of ether oxygens (including phenoxy) is 2. The van der Waals surface area contributed by atoms with Gasteiger partial charge in [0.2, 0.25) is 0 Å². The zero-order chi connectivity index (χ0) is 14.7. The molecule has 0 unspecified atom stereocenters. The predicted molar refractivity (Wildman–Crippen MR) is 77.5 cm³/mol. The summed E-state index contributed by atoms with van der Waals surface area (Å²) in [4.78, 5) is 22.1. The molecule has 0 radical (unpaired) electrons. The van der Waals surface area contributed by atoms with Crippen LogP contribution in [-0.2, 0) is 16.0 Å². The Morgan fingerprint density at radius 2 is 2.24 bits per heavy atom. The normalized spacial score (nSPS) is 15.6. The molecular formula is C14H19N4O3+. The van der Waals surface area contributed by atoms with E-state index in [1.807, 2.05) is 6.07 Å². The van der Waals surface area contributed by atoms with Crippen molar-refractivity contribution >= 4 is 16.9 Å². The van der Waals surface area contributed by atoms with E-state index in [1.165, 1.54) is 0 Å². The molecule has 0 spiro atoms. The lowest BCUT2D eigenvalue weighted by Gasteiger charge is -2.20. The van der Waals surface area contributed by atoms with Gasteiger partial charge in [-0.25, -0.2) is 4.98 Å². The maximum atomic E-state index is 12.3. The highest BCUT2D eigenvalue weighted by molar-refractivity contribution is 5.76. The number of hydrogen-bond acceptors (Lipinski definition) is 5. The number of aromatic nitrogens is 3. The van der Waals surface area contributed by atoms with Crippen LogP contribution in [0.4, 0.5) is 5.95 Å². The summed E-state index contributed by atoms with van der Waals surface area (Å²) >= 11 is 0. The zero-order valence-corrected chi connectivity index (χ0v) is 12.0. The molecule has 7 heteroatoms. The minimum Gasteiger partial charge on any atom is -0.383 e. The molecule has 0 atom stereocenters. The molecule has 21 heavy (non-hydrogen) atoms. The van der Waals surface area contributed by atoms with E-state index < -0.39 is 0 Å². The molecule has 2 aromatic heterocycles. The topological polar surface area (TPSA) is 70.7 Å². The fourth-order valence-electron chi connectivity index (χ4n) is 2.40. The minimum absolute atomic E-state index is 0.0539. The van der Waals surface area contributed by atoms with Crippen molar-refractivity contribution < 1.29 is 14.5 Å². The monoisotopic (exact) mass is 291 g/mol. The molecule has 1 saturated heterocycles. The highest BCUT2D eigenvalue weighted by Crippen LogP contribution is 2.10. The Hall–Kier alpha value is -1.99. The molecule has 0 bridgehead atoms. The molecule has 3 heterocycles. The Balaban J connectivity index is 1.93. The Morgan fingerprint density at radius 1 is 1.43 bits per heavy atom. The third-order valence-electron chi connectivity index (χ3n) is 3.60. The van der Waals surface area contributed by atoms with Gasteiger partial charge < -0.3 is 14.0 Å². The van der Waals surface area contributed by atoms with Crippen LogP contribution in [0.25, 0.3) is 10.9 Å². The molecule has 0 aromatic carbocycles. The van der Waals surface area contributed by atoms with Gasteiger partial charge in [-0.15, -0.1) is 0 Å². The van der Waals surface area contributed by atoms with Crippen LogP contribution < -0.4 is 15.4 Å². The molecule has 2 aromatic rings. The summed E-state index contributed by atoms with van der Waals surface area (Å²) in [5.41, 5.74) is 0.649. The molecule has 3 rings (SSSR count). The number of morpholine rings is 1. The van der Waals surface area contributed by atoms with Crippen LogP contribution in [0.1, 0.15) is 0 Å². The first-order valence-corrected chi connectivity index (χ1v) is 7.03. The summed E-state index contributed by atoms with van der Waals surface area (Å²) in [7, 11) is 1.62. The molecule has 1 aliphatic rings. The number of hydrogen-bond donors (Lipinski definition) is 0. The number of rotatable bonds is 4. The molecule has 1 aliphatic heterocycles. The molecule has 1 fully saturated rings. The number of H-pyrrole nitrogens is 1. The van der Waals surface area contributed by atoms with E-state index in [9.17, 15) is 4.79 Å². The first kappa shape index (κ1) is 14.0. The number of fused-ring (bicyclic) bond motifs is 1. The fraction of sp³-hybridized carbons (Fsp3) is 0.500. The highest BCUT2D eigenvalue weighted by Gasteiger charge is 2.21. The quantitative estimate of drug-likeness (QED) is 0.773.